The van der Waals surface area contributed by atoms with E-state index >= 15 is 0 Å². The Balaban J connectivity index is 1.54. The molecule has 3 N–H and O–H groups in total. The number of rotatable bonds is 8. The maximum atomic E-state index is 11.7. The minimum Gasteiger partial charge on any atom is -0.481 e. The predicted molar refractivity (Wildman–Crippen MR) is 133 cm³/mol. The molecule has 0 aliphatic carbocycles. The molecule has 35 heavy (non-hydrogen) atoms. The van der Waals surface area contributed by atoms with Crippen molar-refractivity contribution in [3.05, 3.63) is 42.1 Å². The van der Waals surface area contributed by atoms with E-state index in [1.165, 1.54) is 10.6 Å². The Labute approximate surface area is 204 Å². The summed E-state index contributed by atoms with van der Waals surface area (Å²) in [4.78, 5) is 24.6. The molecule has 0 amide bonds. The first kappa shape index (κ1) is 24.7. The van der Waals surface area contributed by atoms with Gasteiger partial charge in [-0.1, -0.05) is 0 Å². The highest BCUT2D eigenvalue weighted by Crippen LogP contribution is 2.27. The van der Waals surface area contributed by atoms with Crippen molar-refractivity contribution in [1.82, 2.24) is 34.1 Å². The molecule has 1 fully saturated rings. The van der Waals surface area contributed by atoms with Crippen molar-refractivity contribution in [3.63, 3.8) is 0 Å². The van der Waals surface area contributed by atoms with Gasteiger partial charge in [0.2, 0.25) is 15.9 Å². The first-order chi connectivity index (χ1) is 16.7. The van der Waals surface area contributed by atoms with E-state index in [-0.39, 0.29) is 0 Å². The zero-order chi connectivity index (χ0) is 25.0. The number of nitrogen functional groups attached to an aromatic ring is 1. The van der Waals surface area contributed by atoms with Gasteiger partial charge in [-0.2, -0.15) is 4.31 Å². The van der Waals surface area contributed by atoms with E-state index in [2.05, 4.69) is 30.2 Å². The van der Waals surface area contributed by atoms with Gasteiger partial charge in [-0.15, -0.1) is 0 Å². The number of aryl methyl sites for hydroxylation is 1. The van der Waals surface area contributed by atoms with E-state index in [4.69, 9.17) is 15.5 Å². The SMILES string of the molecule is COc1ccc(Nc2ncc(CCN3CCN(S(C)(=O)=O)CC3)nc2-c2cc(N)nc(C)n2)cn1. The molecule has 0 atom stereocenters. The van der Waals surface area contributed by atoms with E-state index in [1.54, 1.807) is 38.6 Å². The Bertz CT molecular complexity index is 1260. The molecule has 0 aromatic carbocycles. The fourth-order valence-electron chi connectivity index (χ4n) is 3.80. The lowest BCUT2D eigenvalue weighted by Gasteiger charge is -2.33. The number of hydrogen-bond acceptors (Lipinski definition) is 11. The van der Waals surface area contributed by atoms with E-state index in [9.17, 15) is 8.42 Å². The van der Waals surface area contributed by atoms with Gasteiger partial charge in [0, 0.05) is 51.3 Å². The Morgan fingerprint density at radius 2 is 1.86 bits per heavy atom. The molecule has 3 aromatic heterocycles. The summed E-state index contributed by atoms with van der Waals surface area (Å²) in [7, 11) is -1.59. The average Bonchev–Trinajstić information content (AvgIpc) is 2.83. The number of nitrogens with zero attached hydrogens (tertiary/aromatic N) is 7. The van der Waals surface area contributed by atoms with E-state index in [1.807, 2.05) is 6.07 Å². The topological polar surface area (TPSA) is 152 Å². The van der Waals surface area contributed by atoms with Crippen LogP contribution in [0, 0.1) is 6.92 Å². The first-order valence-electron chi connectivity index (χ1n) is 11.1. The molecule has 0 unspecified atom stereocenters. The lowest BCUT2D eigenvalue weighted by Crippen LogP contribution is -2.48. The van der Waals surface area contributed by atoms with Gasteiger partial charge in [-0.05, 0) is 13.0 Å². The summed E-state index contributed by atoms with van der Waals surface area (Å²) in [5, 5.41) is 3.25. The lowest BCUT2D eigenvalue weighted by atomic mass is 10.2. The van der Waals surface area contributed by atoms with Gasteiger partial charge in [0.25, 0.3) is 0 Å². The van der Waals surface area contributed by atoms with Gasteiger partial charge < -0.3 is 20.7 Å². The van der Waals surface area contributed by atoms with Gasteiger partial charge >= 0.3 is 0 Å². The molecular formula is C22H29N9O3S. The molecule has 3 aromatic rings. The van der Waals surface area contributed by atoms with Crippen LogP contribution in [-0.2, 0) is 16.4 Å². The Morgan fingerprint density at radius 1 is 1.09 bits per heavy atom. The van der Waals surface area contributed by atoms with Gasteiger partial charge in [0.05, 0.1) is 42.8 Å². The number of anilines is 3. The van der Waals surface area contributed by atoms with E-state index in [0.717, 1.165) is 17.9 Å². The summed E-state index contributed by atoms with van der Waals surface area (Å²) in [5.41, 5.74) is 8.60. The monoisotopic (exact) mass is 499 g/mol. The summed E-state index contributed by atoms with van der Waals surface area (Å²) >= 11 is 0. The van der Waals surface area contributed by atoms with Crippen LogP contribution in [0.5, 0.6) is 5.88 Å². The summed E-state index contributed by atoms with van der Waals surface area (Å²) in [5.74, 6) is 1.90. The number of sulfonamides is 1. The van der Waals surface area contributed by atoms with Crippen LogP contribution < -0.4 is 15.8 Å². The normalized spacial score (nSPS) is 15.2. The Morgan fingerprint density at radius 3 is 2.49 bits per heavy atom. The van der Waals surface area contributed by atoms with Crippen LogP contribution in [-0.4, -0.2) is 88.6 Å². The smallest absolute Gasteiger partial charge is 0.213 e. The van der Waals surface area contributed by atoms with Crippen LogP contribution in [0.1, 0.15) is 11.5 Å². The minimum atomic E-state index is -3.15. The first-order valence-corrected chi connectivity index (χ1v) is 13.0. The maximum Gasteiger partial charge on any atom is 0.213 e. The molecule has 4 heterocycles. The minimum absolute atomic E-state index is 0.348. The van der Waals surface area contributed by atoms with E-state index in [0.29, 0.717) is 67.3 Å². The zero-order valence-corrected chi connectivity index (χ0v) is 20.8. The molecule has 0 bridgehead atoms. The third-order valence-electron chi connectivity index (χ3n) is 5.62. The Hall–Kier alpha value is -3.42. The van der Waals surface area contributed by atoms with Crippen LogP contribution in [0.2, 0.25) is 0 Å². The fraction of sp³-hybridized carbons (Fsp3) is 0.409. The Kier molecular flexibility index (Phi) is 7.38. The van der Waals surface area contributed by atoms with E-state index < -0.39 is 10.0 Å². The zero-order valence-electron chi connectivity index (χ0n) is 20.0. The summed E-state index contributed by atoms with van der Waals surface area (Å²) in [6.07, 6.45) is 5.28. The fourth-order valence-corrected chi connectivity index (χ4v) is 4.62. The lowest BCUT2D eigenvalue weighted by molar-refractivity contribution is 0.190. The molecule has 12 nitrogen and oxygen atoms in total. The van der Waals surface area contributed by atoms with Gasteiger partial charge in [0.15, 0.2) is 5.82 Å². The van der Waals surface area contributed by atoms with Crippen molar-refractivity contribution in [2.75, 3.05) is 57.1 Å². The number of hydrogen-bond donors (Lipinski definition) is 2. The van der Waals surface area contributed by atoms with Crippen molar-refractivity contribution >= 4 is 27.3 Å². The number of piperazine rings is 1. The predicted octanol–water partition coefficient (Wildman–Crippen LogP) is 1.09. The van der Waals surface area contributed by atoms with Crippen molar-refractivity contribution in [2.24, 2.45) is 0 Å². The number of aromatic nitrogens is 5. The standard InChI is InChI=1S/C22H29N9O3S/c1-15-26-18(12-19(23)27-15)21-22(29-16-4-5-20(34-2)24-13-16)25-14-17(28-21)6-7-30-8-10-31(11-9-30)35(3,32)33/h4-5,12-14H,6-11H2,1-3H3,(H,25,29)(H2,23,26,27). The highest BCUT2D eigenvalue weighted by molar-refractivity contribution is 7.88. The van der Waals surface area contributed by atoms with Crippen molar-refractivity contribution in [1.29, 1.82) is 0 Å². The molecule has 4 rings (SSSR count). The maximum absolute atomic E-state index is 11.7. The third kappa shape index (κ3) is 6.38. The molecule has 0 saturated carbocycles. The number of methoxy groups -OCH3 is 1. The highest BCUT2D eigenvalue weighted by Gasteiger charge is 2.23. The number of ether oxygens (including phenoxy) is 1. The third-order valence-corrected chi connectivity index (χ3v) is 6.92. The van der Waals surface area contributed by atoms with Crippen molar-refractivity contribution in [2.45, 2.75) is 13.3 Å². The second-order valence-corrected chi connectivity index (χ2v) is 10.2. The molecule has 1 aliphatic heterocycles. The molecule has 186 valence electrons. The highest BCUT2D eigenvalue weighted by atomic mass is 32.2. The van der Waals surface area contributed by atoms with Gasteiger partial charge in [-0.3, -0.25) is 0 Å². The van der Waals surface area contributed by atoms with Gasteiger partial charge in [0.1, 0.15) is 17.3 Å². The molecule has 1 saturated heterocycles. The summed E-state index contributed by atoms with van der Waals surface area (Å²) in [6.45, 7) is 4.86. The molecule has 13 heteroatoms. The van der Waals surface area contributed by atoms with Crippen LogP contribution in [0.4, 0.5) is 17.3 Å². The van der Waals surface area contributed by atoms with Crippen molar-refractivity contribution < 1.29 is 13.2 Å². The van der Waals surface area contributed by atoms with Crippen LogP contribution >= 0.6 is 0 Å². The second kappa shape index (κ2) is 10.5. The largest absolute Gasteiger partial charge is 0.481 e. The number of pyridine rings is 1. The average molecular weight is 500 g/mol. The molecular weight excluding hydrogens is 470 g/mol. The van der Waals surface area contributed by atoms with Crippen molar-refractivity contribution in [3.8, 4) is 17.3 Å². The quantitative estimate of drug-likeness (QED) is 0.458. The summed E-state index contributed by atoms with van der Waals surface area (Å²) < 4.78 is 30.1. The number of nitrogens with two attached hydrogens (primary N) is 1. The summed E-state index contributed by atoms with van der Waals surface area (Å²) in [6, 6.07) is 5.25. The van der Waals surface area contributed by atoms with Crippen LogP contribution in [0.3, 0.4) is 0 Å². The molecule has 0 spiro atoms. The second-order valence-electron chi connectivity index (χ2n) is 8.25. The van der Waals surface area contributed by atoms with Crippen LogP contribution in [0.25, 0.3) is 11.4 Å². The number of nitrogens with one attached hydrogen (secondary N) is 1. The van der Waals surface area contributed by atoms with Crippen LogP contribution in [0.15, 0.2) is 30.6 Å². The molecule has 0 radical (unpaired) electrons. The molecule has 1 aliphatic rings. The van der Waals surface area contributed by atoms with Gasteiger partial charge in [-0.25, -0.2) is 33.3 Å².